The molecule has 7 nitrogen and oxygen atoms in total. The first-order valence-electron chi connectivity index (χ1n) is 12.2. The van der Waals surface area contributed by atoms with Gasteiger partial charge in [-0.05, 0) is 42.4 Å². The van der Waals surface area contributed by atoms with Crippen molar-refractivity contribution >= 4 is 27.5 Å². The molecule has 0 saturated heterocycles. The van der Waals surface area contributed by atoms with Crippen molar-refractivity contribution in [2.24, 2.45) is 5.92 Å². The summed E-state index contributed by atoms with van der Waals surface area (Å²) in [6, 6.07) is 16.2. The van der Waals surface area contributed by atoms with Crippen molar-refractivity contribution in [1.82, 2.24) is 10.2 Å². The number of sulfonamides is 1. The number of carbonyl (C=O) groups is 2. The number of nitrogens with one attached hydrogen (secondary N) is 1. The van der Waals surface area contributed by atoms with Crippen LogP contribution in [-0.4, -0.2) is 57.1 Å². The molecule has 0 aromatic heterocycles. The number of para-hydroxylation sites is 1. The van der Waals surface area contributed by atoms with E-state index in [0.717, 1.165) is 21.7 Å². The Morgan fingerprint density at radius 3 is 2.17 bits per heavy atom. The molecule has 0 unspecified atom stereocenters. The fourth-order valence-corrected chi connectivity index (χ4v) is 4.85. The third-order valence-corrected chi connectivity index (χ3v) is 7.00. The van der Waals surface area contributed by atoms with Crippen LogP contribution in [-0.2, 0) is 32.5 Å². The Morgan fingerprint density at radius 1 is 0.971 bits per heavy atom. The van der Waals surface area contributed by atoms with Gasteiger partial charge in [0.2, 0.25) is 21.8 Å². The highest BCUT2D eigenvalue weighted by Gasteiger charge is 2.31. The summed E-state index contributed by atoms with van der Waals surface area (Å²) in [5, 5.41) is 2.94. The van der Waals surface area contributed by atoms with Crippen LogP contribution in [0.4, 0.5) is 5.69 Å². The Hall–Kier alpha value is -2.87. The molecule has 8 heteroatoms. The summed E-state index contributed by atoms with van der Waals surface area (Å²) in [6.45, 7) is 8.28. The first kappa shape index (κ1) is 28.4. The second-order valence-electron chi connectivity index (χ2n) is 9.14. The summed E-state index contributed by atoms with van der Waals surface area (Å²) in [4.78, 5) is 28.3. The number of aryl methyl sites for hydroxylation is 1. The molecule has 0 aliphatic heterocycles. The molecule has 2 aromatic carbocycles. The predicted molar refractivity (Wildman–Crippen MR) is 142 cm³/mol. The molecule has 35 heavy (non-hydrogen) atoms. The molecule has 0 saturated carbocycles. The van der Waals surface area contributed by atoms with E-state index >= 15 is 0 Å². The van der Waals surface area contributed by atoms with Crippen LogP contribution >= 0.6 is 0 Å². The van der Waals surface area contributed by atoms with Crippen molar-refractivity contribution in [2.75, 3.05) is 30.2 Å². The molecule has 192 valence electrons. The monoisotopic (exact) mass is 501 g/mol. The molecule has 0 heterocycles. The molecule has 1 N–H and O–H groups in total. The molecular weight excluding hydrogens is 462 g/mol. The number of rotatable bonds is 13. The van der Waals surface area contributed by atoms with Gasteiger partial charge in [0.15, 0.2) is 0 Å². The van der Waals surface area contributed by atoms with Crippen molar-refractivity contribution in [2.45, 2.75) is 53.0 Å². The normalized spacial score (nSPS) is 12.3. The summed E-state index contributed by atoms with van der Waals surface area (Å²) < 4.78 is 26.7. The maximum absolute atomic E-state index is 13.7. The number of hydrogen-bond donors (Lipinski definition) is 1. The minimum absolute atomic E-state index is 0.220. The smallest absolute Gasteiger partial charge is 0.244 e. The van der Waals surface area contributed by atoms with Crippen molar-refractivity contribution in [3.63, 3.8) is 0 Å². The third kappa shape index (κ3) is 8.38. The van der Waals surface area contributed by atoms with Crippen LogP contribution in [0.3, 0.4) is 0 Å². The molecule has 0 bridgehead atoms. The fraction of sp³-hybridized carbons (Fsp3) is 0.481. The highest BCUT2D eigenvalue weighted by atomic mass is 32.2. The first-order chi connectivity index (χ1) is 16.6. The van der Waals surface area contributed by atoms with E-state index in [1.54, 1.807) is 12.1 Å². The van der Waals surface area contributed by atoms with E-state index in [4.69, 9.17) is 0 Å². The van der Waals surface area contributed by atoms with E-state index in [1.165, 1.54) is 4.90 Å². The Morgan fingerprint density at radius 2 is 1.60 bits per heavy atom. The van der Waals surface area contributed by atoms with Crippen molar-refractivity contribution in [3.05, 3.63) is 65.7 Å². The highest BCUT2D eigenvalue weighted by Crippen LogP contribution is 2.24. The third-order valence-electron chi connectivity index (χ3n) is 5.88. The number of carbonyl (C=O) groups excluding carboxylic acids is 2. The molecular formula is C27H39N3O4S. The van der Waals surface area contributed by atoms with Gasteiger partial charge in [-0.2, -0.15) is 0 Å². The van der Waals surface area contributed by atoms with Gasteiger partial charge in [-0.1, -0.05) is 76.2 Å². The van der Waals surface area contributed by atoms with E-state index in [2.05, 4.69) is 5.32 Å². The molecule has 0 aliphatic carbocycles. The summed E-state index contributed by atoms with van der Waals surface area (Å²) in [7, 11) is -3.74. The number of nitrogens with zero attached hydrogens (tertiary/aromatic N) is 2. The van der Waals surface area contributed by atoms with Crippen LogP contribution in [0.1, 0.15) is 45.2 Å². The van der Waals surface area contributed by atoms with Gasteiger partial charge in [0.25, 0.3) is 0 Å². The maximum Gasteiger partial charge on any atom is 0.244 e. The minimum Gasteiger partial charge on any atom is -0.354 e. The fourth-order valence-electron chi connectivity index (χ4n) is 3.97. The van der Waals surface area contributed by atoms with Crippen LogP contribution in [0.25, 0.3) is 0 Å². The molecule has 0 fully saturated rings. The predicted octanol–water partition coefficient (Wildman–Crippen LogP) is 3.64. The Labute approximate surface area is 210 Å². The SMILES string of the molecule is CCc1ccccc1N(CC(=O)N(CCc1ccccc1)[C@@H](CC)C(=O)NCC(C)C)S(C)(=O)=O. The second-order valence-corrected chi connectivity index (χ2v) is 11.0. The molecule has 2 aromatic rings. The lowest BCUT2D eigenvalue weighted by Gasteiger charge is -2.33. The van der Waals surface area contributed by atoms with Gasteiger partial charge in [0.05, 0.1) is 11.9 Å². The van der Waals surface area contributed by atoms with Crippen molar-refractivity contribution in [1.29, 1.82) is 0 Å². The Bertz CT molecular complexity index is 1070. The Balaban J connectivity index is 2.38. The van der Waals surface area contributed by atoms with Gasteiger partial charge in [-0.25, -0.2) is 8.42 Å². The first-order valence-corrected chi connectivity index (χ1v) is 14.1. The lowest BCUT2D eigenvalue weighted by Crippen LogP contribution is -2.53. The number of benzene rings is 2. The van der Waals surface area contributed by atoms with Gasteiger partial charge in [0.1, 0.15) is 12.6 Å². The van der Waals surface area contributed by atoms with E-state index in [0.29, 0.717) is 38.0 Å². The van der Waals surface area contributed by atoms with Crippen LogP contribution in [0.15, 0.2) is 54.6 Å². The van der Waals surface area contributed by atoms with Crippen molar-refractivity contribution in [3.8, 4) is 0 Å². The summed E-state index contributed by atoms with van der Waals surface area (Å²) in [5.41, 5.74) is 2.37. The van der Waals surface area contributed by atoms with Gasteiger partial charge in [0, 0.05) is 13.1 Å². The number of hydrogen-bond acceptors (Lipinski definition) is 4. The van der Waals surface area contributed by atoms with Crippen LogP contribution in [0.5, 0.6) is 0 Å². The molecule has 0 aliphatic rings. The average molecular weight is 502 g/mol. The summed E-state index contributed by atoms with van der Waals surface area (Å²) in [5.74, 6) is -0.345. The van der Waals surface area contributed by atoms with E-state index in [9.17, 15) is 18.0 Å². The molecule has 0 radical (unpaired) electrons. The van der Waals surface area contributed by atoms with Gasteiger partial charge in [-0.15, -0.1) is 0 Å². The molecule has 1 atom stereocenters. The van der Waals surface area contributed by atoms with Crippen LogP contribution in [0.2, 0.25) is 0 Å². The lowest BCUT2D eigenvalue weighted by atomic mass is 10.1. The average Bonchev–Trinajstić information content (AvgIpc) is 2.83. The molecule has 2 amide bonds. The largest absolute Gasteiger partial charge is 0.354 e. The van der Waals surface area contributed by atoms with Crippen LogP contribution in [0, 0.1) is 5.92 Å². The zero-order valence-corrected chi connectivity index (χ0v) is 22.3. The number of anilines is 1. The van der Waals surface area contributed by atoms with Gasteiger partial charge in [-0.3, -0.25) is 13.9 Å². The molecule has 0 spiro atoms. The summed E-state index contributed by atoms with van der Waals surface area (Å²) in [6.07, 6.45) is 2.72. The lowest BCUT2D eigenvalue weighted by molar-refractivity contribution is -0.139. The van der Waals surface area contributed by atoms with Crippen molar-refractivity contribution < 1.29 is 18.0 Å². The quantitative estimate of drug-likeness (QED) is 0.454. The maximum atomic E-state index is 13.7. The minimum atomic E-state index is -3.74. The summed E-state index contributed by atoms with van der Waals surface area (Å²) >= 11 is 0. The van der Waals surface area contributed by atoms with E-state index in [-0.39, 0.29) is 18.4 Å². The zero-order chi connectivity index (χ0) is 26.0. The van der Waals surface area contributed by atoms with Gasteiger partial charge < -0.3 is 10.2 Å². The van der Waals surface area contributed by atoms with E-state index in [1.807, 2.05) is 70.2 Å². The van der Waals surface area contributed by atoms with Gasteiger partial charge >= 0.3 is 0 Å². The zero-order valence-electron chi connectivity index (χ0n) is 21.5. The topological polar surface area (TPSA) is 86.8 Å². The standard InChI is InChI=1S/C27H39N3O4S/c1-6-23-15-11-12-16-25(23)30(35(5,33)34)20-26(31)29(18-17-22-13-9-8-10-14-22)24(7-2)27(32)28-19-21(3)4/h8-16,21,24H,6-7,17-20H2,1-5H3,(H,28,32)/t24-/m0/s1. The Kier molecular flexibility index (Phi) is 10.8. The van der Waals surface area contributed by atoms with E-state index < -0.39 is 22.0 Å². The number of amides is 2. The second kappa shape index (κ2) is 13.3. The highest BCUT2D eigenvalue weighted by molar-refractivity contribution is 7.92. The van der Waals surface area contributed by atoms with Crippen LogP contribution < -0.4 is 9.62 Å². The molecule has 2 rings (SSSR count).